The molecule has 4 rings (SSSR count). The summed E-state index contributed by atoms with van der Waals surface area (Å²) in [5.74, 6) is -0.0224. The van der Waals surface area contributed by atoms with Crippen molar-refractivity contribution < 1.29 is 23.5 Å². The molecule has 0 aromatic heterocycles. The third-order valence-electron chi connectivity index (χ3n) is 8.35. The molecule has 228 valence electrons. The van der Waals surface area contributed by atoms with Crippen molar-refractivity contribution >= 4 is 28.6 Å². The number of rotatable bonds is 12. The number of nitrogens with zero attached hydrogens (tertiary/aromatic N) is 2. The van der Waals surface area contributed by atoms with Gasteiger partial charge in [0.2, 0.25) is 5.36 Å². The zero-order valence-corrected chi connectivity index (χ0v) is 26.7. The summed E-state index contributed by atoms with van der Waals surface area (Å²) in [6.45, 7) is 17.7. The molecule has 0 unspecified atom stereocenters. The molecule has 0 amide bonds. The lowest BCUT2D eigenvalue weighted by Crippen LogP contribution is -2.29. The van der Waals surface area contributed by atoms with Gasteiger partial charge >= 0.3 is 11.9 Å². The molecule has 2 aromatic rings. The van der Waals surface area contributed by atoms with Crippen LogP contribution in [0.5, 0.6) is 0 Å². The normalized spacial score (nSPS) is 11.5. The number of hydrogen-bond donors (Lipinski definition) is 0. The minimum atomic E-state index is -0.576. The van der Waals surface area contributed by atoms with E-state index in [4.69, 9.17) is 13.9 Å². The van der Waals surface area contributed by atoms with Crippen LogP contribution >= 0.6 is 0 Å². The highest BCUT2D eigenvalue weighted by Gasteiger charge is 2.27. The Morgan fingerprint density at radius 2 is 1.53 bits per heavy atom. The van der Waals surface area contributed by atoms with E-state index in [0.29, 0.717) is 12.0 Å². The lowest BCUT2D eigenvalue weighted by molar-refractivity contribution is -0.155. The van der Waals surface area contributed by atoms with E-state index in [-0.39, 0.29) is 19.2 Å². The first-order valence-corrected chi connectivity index (χ1v) is 15.5. The maximum Gasteiger partial charge on any atom is 0.338 e. The smallest absolute Gasteiger partial charge is 0.338 e. The van der Waals surface area contributed by atoms with E-state index in [1.807, 2.05) is 39.0 Å². The standard InChI is InChI=1S/C36H45N2O5/c1-8-36(6,7)35(40)42-22-21-41-34(39)28-16-14-13-15-27(28)33-29-19-17-25(37(9-2)10-3)23-31(29)43-32-24-26(18-20-30(32)33)38(11-4)12-5/h13-20,23-24H,8-12,21-22H2,1-7H3/q+1. The van der Waals surface area contributed by atoms with Gasteiger partial charge in [-0.25, -0.2) is 9.37 Å². The van der Waals surface area contributed by atoms with Crippen LogP contribution in [0, 0.1) is 5.41 Å². The molecule has 0 saturated carbocycles. The highest BCUT2D eigenvalue weighted by molar-refractivity contribution is 6.08. The van der Waals surface area contributed by atoms with Gasteiger partial charge in [-0.2, -0.15) is 0 Å². The molecule has 0 saturated heterocycles. The van der Waals surface area contributed by atoms with Gasteiger partial charge < -0.3 is 18.8 Å². The van der Waals surface area contributed by atoms with Crippen molar-refractivity contribution in [3.8, 4) is 22.5 Å². The zero-order chi connectivity index (χ0) is 31.1. The maximum absolute atomic E-state index is 13.5. The van der Waals surface area contributed by atoms with Gasteiger partial charge in [-0.3, -0.25) is 4.79 Å². The van der Waals surface area contributed by atoms with Gasteiger partial charge in [0.1, 0.15) is 37.6 Å². The van der Waals surface area contributed by atoms with E-state index < -0.39 is 11.4 Å². The minimum absolute atomic E-state index is 0.00845. The van der Waals surface area contributed by atoms with E-state index in [2.05, 4.69) is 73.6 Å². The molecule has 7 heteroatoms. The van der Waals surface area contributed by atoms with Crippen molar-refractivity contribution in [1.82, 2.24) is 4.58 Å². The number of anilines is 1. The van der Waals surface area contributed by atoms with Crippen LogP contribution in [0.1, 0.15) is 65.2 Å². The summed E-state index contributed by atoms with van der Waals surface area (Å²) in [5, 5.41) is 2.00. The third kappa shape index (κ3) is 6.76. The van der Waals surface area contributed by atoms with E-state index >= 15 is 0 Å². The number of esters is 2. The Kier molecular flexibility index (Phi) is 10.3. The SMILES string of the molecule is CCN(CC)c1ccc2c(-c3ccccc3C(=O)OCCOC(=O)C(C)(C)CC)c3ccc(=[N+](CC)CC)cc-3oc2c1. The van der Waals surface area contributed by atoms with Gasteiger partial charge in [0, 0.05) is 47.4 Å². The molecule has 0 spiro atoms. The fourth-order valence-corrected chi connectivity index (χ4v) is 5.29. The average Bonchev–Trinajstić information content (AvgIpc) is 3.02. The molecule has 1 aliphatic heterocycles. The van der Waals surface area contributed by atoms with Crippen molar-refractivity contribution in [2.45, 2.75) is 54.9 Å². The highest BCUT2D eigenvalue weighted by Crippen LogP contribution is 2.42. The highest BCUT2D eigenvalue weighted by atomic mass is 16.6. The van der Waals surface area contributed by atoms with Crippen LogP contribution < -0.4 is 14.8 Å². The summed E-state index contributed by atoms with van der Waals surface area (Å²) in [7, 11) is 0. The molecule has 1 heterocycles. The van der Waals surface area contributed by atoms with Gasteiger partial charge in [-0.1, -0.05) is 25.1 Å². The molecule has 0 fully saturated rings. The first-order valence-electron chi connectivity index (χ1n) is 15.5. The molecule has 0 bridgehead atoms. The predicted molar refractivity (Wildman–Crippen MR) is 173 cm³/mol. The second-order valence-corrected chi connectivity index (χ2v) is 11.2. The number of benzene rings is 3. The van der Waals surface area contributed by atoms with Crippen LogP contribution in [0.15, 0.2) is 65.1 Å². The molecule has 2 aromatic carbocycles. The molecule has 0 atom stereocenters. The van der Waals surface area contributed by atoms with E-state index in [9.17, 15) is 9.59 Å². The number of fused-ring (bicyclic) bond motifs is 2. The first-order chi connectivity index (χ1) is 20.7. The van der Waals surface area contributed by atoms with Gasteiger partial charge in [-0.15, -0.1) is 0 Å². The fourth-order valence-electron chi connectivity index (χ4n) is 5.29. The summed E-state index contributed by atoms with van der Waals surface area (Å²) in [6.07, 6.45) is 0.664. The quantitative estimate of drug-likeness (QED) is 0.0772. The maximum atomic E-state index is 13.5. The van der Waals surface area contributed by atoms with Crippen molar-refractivity contribution in [2.75, 3.05) is 44.3 Å². The number of ether oxygens (including phenoxy) is 2. The largest absolute Gasteiger partial charge is 0.462 e. The van der Waals surface area contributed by atoms with Gasteiger partial charge in [0.25, 0.3) is 0 Å². The van der Waals surface area contributed by atoms with Gasteiger partial charge in [0.15, 0.2) is 0 Å². The van der Waals surface area contributed by atoms with Gasteiger partial charge in [0.05, 0.1) is 17.0 Å². The van der Waals surface area contributed by atoms with Crippen LogP contribution in [0.4, 0.5) is 5.69 Å². The predicted octanol–water partition coefficient (Wildman–Crippen LogP) is 7.00. The third-order valence-corrected chi connectivity index (χ3v) is 8.35. The van der Waals surface area contributed by atoms with Crippen LogP contribution in [0.3, 0.4) is 0 Å². The Morgan fingerprint density at radius 1 is 0.837 bits per heavy atom. The molecule has 43 heavy (non-hydrogen) atoms. The minimum Gasteiger partial charge on any atom is -0.462 e. The fraction of sp³-hybridized carbons (Fsp3) is 0.417. The Bertz CT molecular complexity index is 1620. The van der Waals surface area contributed by atoms with Crippen LogP contribution in [0.25, 0.3) is 33.4 Å². The second kappa shape index (κ2) is 13.9. The Labute approximate surface area is 255 Å². The molecule has 7 nitrogen and oxygen atoms in total. The second-order valence-electron chi connectivity index (χ2n) is 11.2. The van der Waals surface area contributed by atoms with Crippen molar-refractivity contribution in [3.63, 3.8) is 0 Å². The summed E-state index contributed by atoms with van der Waals surface area (Å²) in [4.78, 5) is 28.1. The number of carbonyl (C=O) groups excluding carboxylic acids is 2. The topological polar surface area (TPSA) is 72.0 Å². The Morgan fingerprint density at radius 3 is 2.21 bits per heavy atom. The zero-order valence-electron chi connectivity index (χ0n) is 26.7. The summed E-state index contributed by atoms with van der Waals surface area (Å²) in [6, 6.07) is 20.0. The summed E-state index contributed by atoms with van der Waals surface area (Å²) < 4.78 is 19.9. The van der Waals surface area contributed by atoms with Crippen LogP contribution in [-0.4, -0.2) is 51.3 Å². The molecule has 1 aliphatic carbocycles. The molecule has 2 aliphatic rings. The van der Waals surface area contributed by atoms with Crippen molar-refractivity contribution in [1.29, 1.82) is 0 Å². The van der Waals surface area contributed by atoms with Crippen LogP contribution in [0.2, 0.25) is 0 Å². The summed E-state index contributed by atoms with van der Waals surface area (Å²) in [5.41, 5.74) is 4.28. The monoisotopic (exact) mass is 585 g/mol. The Balaban J connectivity index is 1.82. The van der Waals surface area contributed by atoms with Crippen molar-refractivity contribution in [2.24, 2.45) is 5.41 Å². The van der Waals surface area contributed by atoms with Crippen LogP contribution in [-0.2, 0) is 14.3 Å². The molecular formula is C36H45N2O5+. The average molecular weight is 586 g/mol. The molecule has 0 N–H and O–H groups in total. The molecule has 0 radical (unpaired) electrons. The lowest BCUT2D eigenvalue weighted by Gasteiger charge is -2.22. The Hall–Kier alpha value is -4.13. The molecular weight excluding hydrogens is 540 g/mol. The van der Waals surface area contributed by atoms with E-state index in [1.165, 1.54) is 0 Å². The van der Waals surface area contributed by atoms with Gasteiger partial charge in [-0.05, 0) is 77.8 Å². The van der Waals surface area contributed by atoms with Crippen molar-refractivity contribution in [3.05, 3.63) is 71.6 Å². The van der Waals surface area contributed by atoms with E-state index in [1.54, 1.807) is 6.07 Å². The number of hydrogen-bond acceptors (Lipinski definition) is 6. The lowest BCUT2D eigenvalue weighted by atomic mass is 9.90. The summed E-state index contributed by atoms with van der Waals surface area (Å²) >= 11 is 0. The van der Waals surface area contributed by atoms with E-state index in [0.717, 1.165) is 70.6 Å². The first kappa shape index (κ1) is 31.8. The number of carbonyl (C=O) groups is 2.